The summed E-state index contributed by atoms with van der Waals surface area (Å²) >= 11 is 1.37. The molecule has 116 valence electrons. The van der Waals surface area contributed by atoms with Crippen LogP contribution in [0.3, 0.4) is 0 Å². The van der Waals surface area contributed by atoms with Crippen LogP contribution in [0.25, 0.3) is 0 Å². The third-order valence-corrected chi connectivity index (χ3v) is 4.55. The van der Waals surface area contributed by atoms with E-state index in [0.717, 1.165) is 17.5 Å². The van der Waals surface area contributed by atoms with Crippen LogP contribution in [0.15, 0.2) is 41.8 Å². The molecule has 0 bridgehead atoms. The number of amides is 1. The number of aliphatic carboxylic acids is 1. The van der Waals surface area contributed by atoms with Gasteiger partial charge < -0.3 is 10.0 Å². The van der Waals surface area contributed by atoms with E-state index in [4.69, 9.17) is 0 Å². The van der Waals surface area contributed by atoms with E-state index < -0.39 is 12.0 Å². The highest BCUT2D eigenvalue weighted by atomic mass is 32.1. The summed E-state index contributed by atoms with van der Waals surface area (Å²) in [6.07, 6.45) is 0.755. The van der Waals surface area contributed by atoms with Crippen molar-refractivity contribution in [3.8, 4) is 0 Å². The molecule has 1 amide bonds. The minimum Gasteiger partial charge on any atom is -0.480 e. The summed E-state index contributed by atoms with van der Waals surface area (Å²) < 4.78 is 0. The normalized spacial score (nSPS) is 11.9. The zero-order valence-electron chi connectivity index (χ0n) is 12.7. The molecule has 0 saturated heterocycles. The number of carboxylic acids is 1. The Morgan fingerprint density at radius 1 is 1.23 bits per heavy atom. The minimum atomic E-state index is -1.00. The Hall–Kier alpha value is -2.14. The number of rotatable bonds is 6. The largest absolute Gasteiger partial charge is 0.480 e. The lowest BCUT2D eigenvalue weighted by Crippen LogP contribution is -2.42. The van der Waals surface area contributed by atoms with Crippen molar-refractivity contribution < 1.29 is 14.7 Å². The highest BCUT2D eigenvalue weighted by molar-refractivity contribution is 7.12. The molecule has 0 radical (unpaired) electrons. The molecule has 2 rings (SSSR count). The first-order chi connectivity index (χ1) is 10.5. The topological polar surface area (TPSA) is 57.6 Å². The Kier molecular flexibility index (Phi) is 5.33. The number of benzene rings is 1. The van der Waals surface area contributed by atoms with E-state index in [2.05, 4.69) is 0 Å². The van der Waals surface area contributed by atoms with Crippen LogP contribution in [0, 0.1) is 0 Å². The summed E-state index contributed by atoms with van der Waals surface area (Å²) in [5.74, 6) is -1.22. The molecule has 0 aliphatic carbocycles. The van der Waals surface area contributed by atoms with Crippen molar-refractivity contribution in [1.82, 2.24) is 4.90 Å². The van der Waals surface area contributed by atoms with E-state index in [0.29, 0.717) is 4.88 Å². The fourth-order valence-corrected chi connectivity index (χ4v) is 3.18. The number of carbonyl (C=O) groups excluding carboxylic acids is 1. The summed E-state index contributed by atoms with van der Waals surface area (Å²) in [4.78, 5) is 26.2. The second-order valence-electron chi connectivity index (χ2n) is 5.06. The van der Waals surface area contributed by atoms with Gasteiger partial charge in [-0.15, -0.1) is 11.3 Å². The van der Waals surface area contributed by atoms with Gasteiger partial charge in [0.15, 0.2) is 0 Å². The molecular weight excluding hydrogens is 298 g/mol. The van der Waals surface area contributed by atoms with Crippen LogP contribution >= 0.6 is 11.3 Å². The van der Waals surface area contributed by atoms with Gasteiger partial charge in [-0.05, 0) is 35.9 Å². The smallest absolute Gasteiger partial charge is 0.326 e. The summed E-state index contributed by atoms with van der Waals surface area (Å²) in [5, 5.41) is 11.2. The minimum absolute atomic E-state index is 0.217. The van der Waals surface area contributed by atoms with Crippen molar-refractivity contribution >= 4 is 23.2 Å². The Balaban J connectivity index is 2.32. The lowest BCUT2D eigenvalue weighted by molar-refractivity contribution is -0.141. The van der Waals surface area contributed by atoms with E-state index in [9.17, 15) is 14.7 Å². The van der Waals surface area contributed by atoms with Gasteiger partial charge in [0.05, 0.1) is 4.88 Å². The number of aryl methyl sites for hydroxylation is 1. The molecule has 0 aliphatic heterocycles. The van der Waals surface area contributed by atoms with Crippen molar-refractivity contribution in [3.63, 3.8) is 0 Å². The Bertz CT molecular complexity index is 651. The highest BCUT2D eigenvalue weighted by Crippen LogP contribution is 2.22. The van der Waals surface area contributed by atoms with Crippen LogP contribution in [-0.2, 0) is 17.8 Å². The van der Waals surface area contributed by atoms with Gasteiger partial charge in [0.2, 0.25) is 0 Å². The number of hydrogen-bond donors (Lipinski definition) is 1. The average Bonchev–Trinajstić information content (AvgIpc) is 3.00. The molecule has 2 aromatic rings. The third-order valence-electron chi connectivity index (χ3n) is 3.60. The highest BCUT2D eigenvalue weighted by Gasteiger charge is 2.28. The molecule has 1 heterocycles. The molecule has 0 saturated carbocycles. The van der Waals surface area contributed by atoms with Gasteiger partial charge in [0.1, 0.15) is 6.04 Å². The molecule has 1 atom stereocenters. The first-order valence-electron chi connectivity index (χ1n) is 7.18. The molecule has 1 unspecified atom stereocenters. The van der Waals surface area contributed by atoms with Crippen LogP contribution in [0.2, 0.25) is 0 Å². The first-order valence-corrected chi connectivity index (χ1v) is 8.06. The van der Waals surface area contributed by atoms with Crippen molar-refractivity contribution in [2.45, 2.75) is 32.9 Å². The van der Waals surface area contributed by atoms with Gasteiger partial charge >= 0.3 is 5.97 Å². The maximum atomic E-state index is 12.8. The Morgan fingerprint density at radius 2 is 1.91 bits per heavy atom. The van der Waals surface area contributed by atoms with Crippen molar-refractivity contribution in [2.24, 2.45) is 0 Å². The molecular formula is C17H19NO3S. The molecule has 0 aliphatic rings. The Morgan fingerprint density at radius 3 is 2.50 bits per heavy atom. The standard InChI is InChI=1S/C17H19NO3S/c1-3-14-9-10-22-15(14)16(19)18(12(2)17(20)21)11-13-7-5-4-6-8-13/h4-10,12H,3,11H2,1-2H3,(H,20,21). The van der Waals surface area contributed by atoms with E-state index >= 15 is 0 Å². The summed E-state index contributed by atoms with van der Waals surface area (Å²) in [6, 6.07) is 10.5. The van der Waals surface area contributed by atoms with E-state index in [1.165, 1.54) is 16.2 Å². The van der Waals surface area contributed by atoms with Gasteiger partial charge in [0.25, 0.3) is 5.91 Å². The van der Waals surface area contributed by atoms with Crippen molar-refractivity contribution in [2.75, 3.05) is 0 Å². The number of nitrogens with zero attached hydrogens (tertiary/aromatic N) is 1. The van der Waals surface area contributed by atoms with Gasteiger partial charge in [-0.2, -0.15) is 0 Å². The average molecular weight is 317 g/mol. The number of hydrogen-bond acceptors (Lipinski definition) is 3. The lowest BCUT2D eigenvalue weighted by atomic mass is 10.1. The van der Waals surface area contributed by atoms with Crippen molar-refractivity contribution in [1.29, 1.82) is 0 Å². The molecule has 1 N–H and O–H groups in total. The maximum absolute atomic E-state index is 12.8. The van der Waals surface area contributed by atoms with Crippen LogP contribution in [-0.4, -0.2) is 27.9 Å². The fourth-order valence-electron chi connectivity index (χ4n) is 2.23. The Labute approximate surface area is 134 Å². The third kappa shape index (κ3) is 3.54. The number of thiophene rings is 1. The SMILES string of the molecule is CCc1ccsc1C(=O)N(Cc1ccccc1)C(C)C(=O)O. The second kappa shape index (κ2) is 7.22. The molecule has 1 aromatic heterocycles. The first kappa shape index (κ1) is 16.2. The molecule has 0 spiro atoms. The van der Waals surface area contributed by atoms with E-state index in [1.807, 2.05) is 48.7 Å². The van der Waals surface area contributed by atoms with Crippen molar-refractivity contribution in [3.05, 3.63) is 57.8 Å². The number of carboxylic acid groups (broad SMARTS) is 1. The summed E-state index contributed by atoms with van der Waals surface area (Å²) in [5.41, 5.74) is 1.88. The van der Waals surface area contributed by atoms with Gasteiger partial charge in [0, 0.05) is 6.54 Å². The van der Waals surface area contributed by atoms with E-state index in [-0.39, 0.29) is 12.5 Å². The van der Waals surface area contributed by atoms with Crippen LogP contribution in [0.5, 0.6) is 0 Å². The quantitative estimate of drug-likeness (QED) is 0.888. The van der Waals surface area contributed by atoms with Gasteiger partial charge in [-0.3, -0.25) is 4.79 Å². The number of carbonyl (C=O) groups is 2. The fraction of sp³-hybridized carbons (Fsp3) is 0.294. The molecule has 1 aromatic carbocycles. The predicted octanol–water partition coefficient (Wildman–Crippen LogP) is 3.43. The van der Waals surface area contributed by atoms with Crippen LogP contribution in [0.4, 0.5) is 0 Å². The van der Waals surface area contributed by atoms with Gasteiger partial charge in [-0.1, -0.05) is 37.3 Å². The van der Waals surface area contributed by atoms with Gasteiger partial charge in [-0.25, -0.2) is 4.79 Å². The zero-order chi connectivity index (χ0) is 16.1. The summed E-state index contributed by atoms with van der Waals surface area (Å²) in [6.45, 7) is 3.82. The zero-order valence-corrected chi connectivity index (χ0v) is 13.5. The molecule has 0 fully saturated rings. The predicted molar refractivity (Wildman–Crippen MR) is 87.1 cm³/mol. The molecule has 5 heteroatoms. The lowest BCUT2D eigenvalue weighted by Gasteiger charge is -2.26. The summed E-state index contributed by atoms with van der Waals surface area (Å²) in [7, 11) is 0. The van der Waals surface area contributed by atoms with Crippen LogP contribution < -0.4 is 0 Å². The maximum Gasteiger partial charge on any atom is 0.326 e. The second-order valence-corrected chi connectivity index (χ2v) is 5.98. The van der Waals surface area contributed by atoms with E-state index in [1.54, 1.807) is 6.92 Å². The molecule has 22 heavy (non-hydrogen) atoms. The molecule has 4 nitrogen and oxygen atoms in total. The monoisotopic (exact) mass is 317 g/mol. The van der Waals surface area contributed by atoms with Crippen LogP contribution in [0.1, 0.15) is 34.6 Å².